The molecule has 1 unspecified atom stereocenters. The number of aromatic nitrogens is 1. The molecule has 1 atom stereocenters. The molecule has 0 amide bonds. The van der Waals surface area contributed by atoms with Crippen LogP contribution in [0.2, 0.25) is 0 Å². The fourth-order valence-electron chi connectivity index (χ4n) is 3.32. The third-order valence-electron chi connectivity index (χ3n) is 4.41. The van der Waals surface area contributed by atoms with E-state index in [1.54, 1.807) is 12.3 Å². The molecule has 2 aliphatic heterocycles. The van der Waals surface area contributed by atoms with Crippen molar-refractivity contribution in [2.75, 3.05) is 43.9 Å². The molecule has 6 heteroatoms. The number of nitrogen functional groups attached to an aromatic ring is 1. The Bertz CT molecular complexity index is 528. The van der Waals surface area contributed by atoms with Gasteiger partial charge in [-0.1, -0.05) is 0 Å². The number of rotatable bonds is 3. The highest BCUT2D eigenvalue weighted by atomic mass is 16.5. The minimum absolute atomic E-state index is 0.380. The molecule has 6 nitrogen and oxygen atoms in total. The normalized spacial score (nSPS) is 22.7. The average molecular weight is 290 g/mol. The molecule has 3 rings (SSSR count). The second-order valence-corrected chi connectivity index (χ2v) is 5.76. The van der Waals surface area contributed by atoms with E-state index in [0.717, 1.165) is 19.5 Å². The van der Waals surface area contributed by atoms with Gasteiger partial charge in [0, 0.05) is 19.1 Å². The van der Waals surface area contributed by atoms with E-state index >= 15 is 0 Å². The van der Waals surface area contributed by atoms with Gasteiger partial charge in [-0.3, -0.25) is 4.90 Å². The van der Waals surface area contributed by atoms with Crippen LogP contribution in [0.1, 0.15) is 29.6 Å². The quantitative estimate of drug-likeness (QED) is 0.841. The number of nitrogens with two attached hydrogens (primary N) is 1. The summed E-state index contributed by atoms with van der Waals surface area (Å²) in [6.07, 6.45) is 5.31. The molecule has 3 heterocycles. The molecule has 2 N–H and O–H groups in total. The summed E-state index contributed by atoms with van der Waals surface area (Å²) in [5.41, 5.74) is 6.69. The van der Waals surface area contributed by atoms with Crippen LogP contribution >= 0.6 is 0 Å². The molecule has 2 saturated heterocycles. The zero-order valence-electron chi connectivity index (χ0n) is 12.4. The monoisotopic (exact) mass is 290 g/mol. The van der Waals surface area contributed by atoms with Crippen LogP contribution in [-0.4, -0.2) is 55.2 Å². The Kier molecular flexibility index (Phi) is 3.96. The summed E-state index contributed by atoms with van der Waals surface area (Å²) in [5, 5.41) is 0. The highest BCUT2D eigenvalue weighted by Crippen LogP contribution is 2.27. The summed E-state index contributed by atoms with van der Waals surface area (Å²) in [5.74, 6) is 0.312. The fourth-order valence-corrected chi connectivity index (χ4v) is 3.32. The Balaban J connectivity index is 1.79. The second kappa shape index (κ2) is 5.89. The van der Waals surface area contributed by atoms with Gasteiger partial charge in [-0.15, -0.1) is 0 Å². The van der Waals surface area contributed by atoms with Crippen molar-refractivity contribution in [2.45, 2.75) is 25.3 Å². The van der Waals surface area contributed by atoms with Gasteiger partial charge >= 0.3 is 5.97 Å². The average Bonchev–Trinajstić information content (AvgIpc) is 3.16. The van der Waals surface area contributed by atoms with Crippen molar-refractivity contribution in [2.24, 2.45) is 0 Å². The van der Waals surface area contributed by atoms with Gasteiger partial charge in [-0.25, -0.2) is 9.78 Å². The molecule has 0 radical (unpaired) electrons. The Hall–Kier alpha value is -1.82. The van der Waals surface area contributed by atoms with E-state index in [1.165, 1.54) is 33.0 Å². The topological polar surface area (TPSA) is 71.7 Å². The number of carbonyl (C=O) groups excluding carboxylic acids is 1. The Morgan fingerprint density at radius 1 is 1.38 bits per heavy atom. The standard InChI is InChI=1S/C15H22N4O2/c1-21-15(20)13-8-11(16)9-17-14(13)19-7-4-12(10-19)18-5-2-3-6-18/h8-9,12H,2-7,10,16H2,1H3. The van der Waals surface area contributed by atoms with E-state index in [0.29, 0.717) is 23.1 Å². The molecule has 2 aliphatic rings. The van der Waals surface area contributed by atoms with E-state index in [2.05, 4.69) is 14.8 Å². The first kappa shape index (κ1) is 14.1. The van der Waals surface area contributed by atoms with Gasteiger partial charge in [0.25, 0.3) is 0 Å². The van der Waals surface area contributed by atoms with Crippen LogP contribution in [0.3, 0.4) is 0 Å². The largest absolute Gasteiger partial charge is 0.465 e. The summed E-state index contributed by atoms with van der Waals surface area (Å²) < 4.78 is 4.85. The first-order valence-corrected chi connectivity index (χ1v) is 7.52. The molecule has 2 fully saturated rings. The maximum Gasteiger partial charge on any atom is 0.341 e. The summed E-state index contributed by atoms with van der Waals surface area (Å²) in [6, 6.07) is 2.22. The first-order valence-electron chi connectivity index (χ1n) is 7.52. The van der Waals surface area contributed by atoms with Gasteiger partial charge in [0.05, 0.1) is 19.0 Å². The van der Waals surface area contributed by atoms with E-state index in [1.807, 2.05) is 0 Å². The van der Waals surface area contributed by atoms with Gasteiger partial charge in [-0.05, 0) is 38.4 Å². The van der Waals surface area contributed by atoms with Crippen LogP contribution < -0.4 is 10.6 Å². The Morgan fingerprint density at radius 3 is 2.86 bits per heavy atom. The van der Waals surface area contributed by atoms with Crippen molar-refractivity contribution >= 4 is 17.5 Å². The predicted molar refractivity (Wildman–Crippen MR) is 81.4 cm³/mol. The lowest BCUT2D eigenvalue weighted by Gasteiger charge is -2.24. The van der Waals surface area contributed by atoms with E-state index < -0.39 is 0 Å². The summed E-state index contributed by atoms with van der Waals surface area (Å²) in [7, 11) is 1.38. The molecular weight excluding hydrogens is 268 g/mol. The number of likely N-dealkylation sites (tertiary alicyclic amines) is 1. The van der Waals surface area contributed by atoms with Crippen molar-refractivity contribution in [3.8, 4) is 0 Å². The molecule has 0 aromatic carbocycles. The molecule has 21 heavy (non-hydrogen) atoms. The van der Waals surface area contributed by atoms with Gasteiger partial charge in [0.1, 0.15) is 11.4 Å². The number of hydrogen-bond acceptors (Lipinski definition) is 6. The van der Waals surface area contributed by atoms with Crippen LogP contribution in [0.5, 0.6) is 0 Å². The third kappa shape index (κ3) is 2.81. The van der Waals surface area contributed by atoms with Gasteiger partial charge in [-0.2, -0.15) is 0 Å². The summed E-state index contributed by atoms with van der Waals surface area (Å²) >= 11 is 0. The SMILES string of the molecule is COC(=O)c1cc(N)cnc1N1CCC(N2CCCC2)C1. The smallest absolute Gasteiger partial charge is 0.341 e. The fraction of sp³-hybridized carbons (Fsp3) is 0.600. The second-order valence-electron chi connectivity index (χ2n) is 5.76. The van der Waals surface area contributed by atoms with E-state index in [-0.39, 0.29) is 5.97 Å². The number of pyridine rings is 1. The highest BCUT2D eigenvalue weighted by Gasteiger charge is 2.31. The molecular formula is C15H22N4O2. The maximum absolute atomic E-state index is 11.9. The Labute approximate surface area is 124 Å². The maximum atomic E-state index is 11.9. The Morgan fingerprint density at radius 2 is 2.14 bits per heavy atom. The van der Waals surface area contributed by atoms with Crippen molar-refractivity contribution < 1.29 is 9.53 Å². The van der Waals surface area contributed by atoms with Crippen LogP contribution in [0.25, 0.3) is 0 Å². The molecule has 1 aromatic rings. The lowest BCUT2D eigenvalue weighted by Crippen LogP contribution is -2.35. The minimum Gasteiger partial charge on any atom is -0.465 e. The number of carbonyl (C=O) groups is 1. The van der Waals surface area contributed by atoms with Gasteiger partial charge in [0.2, 0.25) is 0 Å². The van der Waals surface area contributed by atoms with Gasteiger partial charge < -0.3 is 15.4 Å². The van der Waals surface area contributed by atoms with Crippen LogP contribution in [0.15, 0.2) is 12.3 Å². The van der Waals surface area contributed by atoms with Crippen molar-refractivity contribution in [3.05, 3.63) is 17.8 Å². The number of esters is 1. The lowest BCUT2D eigenvalue weighted by molar-refractivity contribution is 0.0601. The van der Waals surface area contributed by atoms with Crippen molar-refractivity contribution in [1.29, 1.82) is 0 Å². The van der Waals surface area contributed by atoms with Crippen LogP contribution in [0, 0.1) is 0 Å². The third-order valence-corrected chi connectivity index (χ3v) is 4.41. The molecule has 114 valence electrons. The molecule has 0 saturated carbocycles. The first-order chi connectivity index (χ1) is 10.2. The molecule has 0 aliphatic carbocycles. The number of ether oxygens (including phenoxy) is 1. The number of methoxy groups -OCH3 is 1. The van der Waals surface area contributed by atoms with Crippen molar-refractivity contribution in [3.63, 3.8) is 0 Å². The predicted octanol–water partition coefficient (Wildman–Crippen LogP) is 1.12. The lowest BCUT2D eigenvalue weighted by atomic mass is 10.2. The zero-order valence-corrected chi connectivity index (χ0v) is 12.4. The summed E-state index contributed by atoms with van der Waals surface area (Å²) in [6.45, 7) is 4.22. The zero-order chi connectivity index (χ0) is 14.8. The highest BCUT2D eigenvalue weighted by molar-refractivity contribution is 5.95. The van der Waals surface area contributed by atoms with Crippen LogP contribution in [-0.2, 0) is 4.74 Å². The summed E-state index contributed by atoms with van der Waals surface area (Å²) in [4.78, 5) is 21.0. The number of anilines is 2. The van der Waals surface area contributed by atoms with Crippen molar-refractivity contribution in [1.82, 2.24) is 9.88 Å². The molecule has 0 spiro atoms. The molecule has 0 bridgehead atoms. The molecule has 1 aromatic heterocycles. The van der Waals surface area contributed by atoms with E-state index in [4.69, 9.17) is 10.5 Å². The van der Waals surface area contributed by atoms with E-state index in [9.17, 15) is 4.79 Å². The number of nitrogens with zero attached hydrogens (tertiary/aromatic N) is 3. The van der Waals surface area contributed by atoms with Gasteiger partial charge in [0.15, 0.2) is 0 Å². The number of hydrogen-bond donors (Lipinski definition) is 1. The van der Waals surface area contributed by atoms with Crippen LogP contribution in [0.4, 0.5) is 11.5 Å². The minimum atomic E-state index is -0.380.